The Bertz CT molecular complexity index is 464. The summed E-state index contributed by atoms with van der Waals surface area (Å²) in [6.07, 6.45) is 3.94. The molecule has 4 heteroatoms. The highest BCUT2D eigenvalue weighted by Gasteiger charge is 2.39. The van der Waals surface area contributed by atoms with Gasteiger partial charge in [-0.2, -0.15) is 0 Å². The standard InChI is InChI=1S/C16H23F2NO/c1-15(2,3)19-10-9-16(7-4-8-16)20-12-5-6-13(17)14(18)11-12/h5-6,11,19H,4,7-10H2,1-3H3. The van der Waals surface area contributed by atoms with E-state index in [0.717, 1.165) is 44.4 Å². The molecule has 0 amide bonds. The van der Waals surface area contributed by atoms with Gasteiger partial charge in [0.2, 0.25) is 0 Å². The van der Waals surface area contributed by atoms with Crippen molar-refractivity contribution in [3.8, 4) is 5.75 Å². The lowest BCUT2D eigenvalue weighted by atomic mass is 9.77. The van der Waals surface area contributed by atoms with E-state index in [0.29, 0.717) is 5.75 Å². The van der Waals surface area contributed by atoms with Gasteiger partial charge in [0.25, 0.3) is 0 Å². The van der Waals surface area contributed by atoms with Crippen LogP contribution in [-0.4, -0.2) is 17.7 Å². The van der Waals surface area contributed by atoms with E-state index in [1.807, 2.05) is 0 Å². The predicted molar refractivity (Wildman–Crippen MR) is 75.9 cm³/mol. The molecule has 0 aliphatic heterocycles. The Hall–Kier alpha value is -1.16. The van der Waals surface area contributed by atoms with Gasteiger partial charge in [0.15, 0.2) is 11.6 Å². The summed E-state index contributed by atoms with van der Waals surface area (Å²) in [5.74, 6) is -1.28. The molecule has 0 atom stereocenters. The van der Waals surface area contributed by atoms with Crippen molar-refractivity contribution in [1.29, 1.82) is 0 Å². The van der Waals surface area contributed by atoms with Crippen LogP contribution < -0.4 is 10.1 Å². The first-order chi connectivity index (χ1) is 9.30. The lowest BCUT2D eigenvalue weighted by Crippen LogP contribution is -2.47. The second-order valence-corrected chi connectivity index (χ2v) is 6.64. The summed E-state index contributed by atoms with van der Waals surface area (Å²) in [5, 5.41) is 3.44. The Balaban J connectivity index is 1.95. The monoisotopic (exact) mass is 283 g/mol. The van der Waals surface area contributed by atoms with Crippen molar-refractivity contribution in [2.45, 2.75) is 57.6 Å². The molecule has 1 saturated carbocycles. The zero-order valence-electron chi connectivity index (χ0n) is 12.4. The molecule has 1 aliphatic carbocycles. The van der Waals surface area contributed by atoms with Crippen LogP contribution >= 0.6 is 0 Å². The van der Waals surface area contributed by atoms with Crippen molar-refractivity contribution < 1.29 is 13.5 Å². The molecule has 1 fully saturated rings. The second-order valence-electron chi connectivity index (χ2n) is 6.64. The van der Waals surface area contributed by atoms with Gasteiger partial charge in [0, 0.05) is 11.6 Å². The Morgan fingerprint density at radius 1 is 1.20 bits per heavy atom. The van der Waals surface area contributed by atoms with E-state index in [-0.39, 0.29) is 11.1 Å². The minimum Gasteiger partial charge on any atom is -0.487 e. The lowest BCUT2D eigenvalue weighted by Gasteiger charge is -2.42. The van der Waals surface area contributed by atoms with Gasteiger partial charge in [0.1, 0.15) is 11.4 Å². The fraction of sp³-hybridized carbons (Fsp3) is 0.625. The molecule has 0 aromatic heterocycles. The zero-order valence-corrected chi connectivity index (χ0v) is 12.4. The summed E-state index contributed by atoms with van der Waals surface area (Å²) in [6, 6.07) is 3.74. The van der Waals surface area contributed by atoms with Gasteiger partial charge in [-0.1, -0.05) is 0 Å². The van der Waals surface area contributed by atoms with Gasteiger partial charge >= 0.3 is 0 Å². The van der Waals surface area contributed by atoms with Crippen LogP contribution in [0.5, 0.6) is 5.75 Å². The third kappa shape index (κ3) is 3.92. The Kier molecular flexibility index (Phi) is 4.33. The molecule has 1 aliphatic rings. The number of ether oxygens (including phenoxy) is 1. The first-order valence-corrected chi connectivity index (χ1v) is 7.19. The summed E-state index contributed by atoms with van der Waals surface area (Å²) in [4.78, 5) is 0. The summed E-state index contributed by atoms with van der Waals surface area (Å²) in [6.45, 7) is 7.22. The van der Waals surface area contributed by atoms with E-state index in [4.69, 9.17) is 4.74 Å². The van der Waals surface area contributed by atoms with Gasteiger partial charge in [0.05, 0.1) is 0 Å². The number of hydrogen-bond acceptors (Lipinski definition) is 2. The van der Waals surface area contributed by atoms with Gasteiger partial charge in [-0.3, -0.25) is 0 Å². The average Bonchev–Trinajstić information content (AvgIpc) is 2.29. The van der Waals surface area contributed by atoms with E-state index in [9.17, 15) is 8.78 Å². The van der Waals surface area contributed by atoms with E-state index < -0.39 is 11.6 Å². The molecule has 0 spiro atoms. The van der Waals surface area contributed by atoms with Gasteiger partial charge in [-0.25, -0.2) is 8.78 Å². The maximum atomic E-state index is 13.2. The molecular weight excluding hydrogens is 260 g/mol. The molecule has 0 heterocycles. The first-order valence-electron chi connectivity index (χ1n) is 7.19. The average molecular weight is 283 g/mol. The molecule has 1 aromatic rings. The van der Waals surface area contributed by atoms with Crippen LogP contribution in [0.15, 0.2) is 18.2 Å². The van der Waals surface area contributed by atoms with Crippen LogP contribution in [0.25, 0.3) is 0 Å². The number of hydrogen-bond donors (Lipinski definition) is 1. The fourth-order valence-electron chi connectivity index (χ4n) is 2.43. The third-order valence-corrected chi connectivity index (χ3v) is 3.73. The van der Waals surface area contributed by atoms with E-state index in [2.05, 4.69) is 26.1 Å². The van der Waals surface area contributed by atoms with Gasteiger partial charge < -0.3 is 10.1 Å². The van der Waals surface area contributed by atoms with Gasteiger partial charge in [-0.05, 0) is 65.1 Å². The molecule has 2 nitrogen and oxygen atoms in total. The smallest absolute Gasteiger partial charge is 0.162 e. The third-order valence-electron chi connectivity index (χ3n) is 3.73. The second kappa shape index (κ2) is 5.68. The molecule has 2 rings (SSSR count). The minimum absolute atomic E-state index is 0.0763. The topological polar surface area (TPSA) is 21.3 Å². The van der Waals surface area contributed by atoms with Crippen LogP contribution in [0.4, 0.5) is 8.78 Å². The van der Waals surface area contributed by atoms with E-state index in [1.54, 1.807) is 0 Å². The Labute approximate surface area is 119 Å². The molecular formula is C16H23F2NO. The number of benzene rings is 1. The number of nitrogens with one attached hydrogen (secondary N) is 1. The highest BCUT2D eigenvalue weighted by Crippen LogP contribution is 2.39. The molecule has 1 aromatic carbocycles. The molecule has 0 radical (unpaired) electrons. The molecule has 1 N–H and O–H groups in total. The zero-order chi connectivity index (χ0) is 14.8. The van der Waals surface area contributed by atoms with Crippen LogP contribution in [0, 0.1) is 11.6 Å². The minimum atomic E-state index is -0.857. The van der Waals surface area contributed by atoms with Crippen LogP contribution in [0.3, 0.4) is 0 Å². The molecule has 0 saturated heterocycles. The highest BCUT2D eigenvalue weighted by molar-refractivity contribution is 5.25. The normalized spacial score (nSPS) is 17.6. The lowest BCUT2D eigenvalue weighted by molar-refractivity contribution is -0.0155. The Morgan fingerprint density at radius 3 is 2.40 bits per heavy atom. The van der Waals surface area contributed by atoms with E-state index in [1.165, 1.54) is 6.07 Å². The van der Waals surface area contributed by atoms with Crippen LogP contribution in [0.1, 0.15) is 46.5 Å². The van der Waals surface area contributed by atoms with Crippen LogP contribution in [-0.2, 0) is 0 Å². The maximum Gasteiger partial charge on any atom is 0.162 e. The van der Waals surface area contributed by atoms with Crippen molar-refractivity contribution in [2.75, 3.05) is 6.54 Å². The summed E-state index contributed by atoms with van der Waals surface area (Å²) in [5.41, 5.74) is -0.143. The molecule has 112 valence electrons. The first kappa shape index (κ1) is 15.2. The van der Waals surface area contributed by atoms with Crippen molar-refractivity contribution in [3.05, 3.63) is 29.8 Å². The molecule has 20 heavy (non-hydrogen) atoms. The highest BCUT2D eigenvalue weighted by atomic mass is 19.2. The van der Waals surface area contributed by atoms with Gasteiger partial charge in [-0.15, -0.1) is 0 Å². The van der Waals surface area contributed by atoms with Crippen molar-refractivity contribution in [1.82, 2.24) is 5.32 Å². The van der Waals surface area contributed by atoms with Crippen molar-refractivity contribution in [2.24, 2.45) is 0 Å². The fourth-order valence-corrected chi connectivity index (χ4v) is 2.43. The summed E-state index contributed by atoms with van der Waals surface area (Å²) in [7, 11) is 0. The Morgan fingerprint density at radius 2 is 1.90 bits per heavy atom. The number of rotatable bonds is 5. The predicted octanol–water partition coefficient (Wildman–Crippen LogP) is 4.04. The number of halogens is 2. The molecule has 0 bridgehead atoms. The van der Waals surface area contributed by atoms with Crippen LogP contribution in [0.2, 0.25) is 0 Å². The van der Waals surface area contributed by atoms with Crippen molar-refractivity contribution in [3.63, 3.8) is 0 Å². The summed E-state index contributed by atoms with van der Waals surface area (Å²) < 4.78 is 32.1. The van der Waals surface area contributed by atoms with Crippen molar-refractivity contribution >= 4 is 0 Å². The SMILES string of the molecule is CC(C)(C)NCCC1(Oc2ccc(F)c(F)c2)CCC1. The largest absolute Gasteiger partial charge is 0.487 e. The quantitative estimate of drug-likeness (QED) is 0.880. The van der Waals surface area contributed by atoms with E-state index >= 15 is 0 Å². The molecule has 0 unspecified atom stereocenters. The summed E-state index contributed by atoms with van der Waals surface area (Å²) >= 11 is 0. The maximum absolute atomic E-state index is 13.2.